The zero-order valence-electron chi connectivity index (χ0n) is 11.6. The van der Waals surface area contributed by atoms with Gasteiger partial charge in [-0.2, -0.15) is 0 Å². The lowest BCUT2D eigenvalue weighted by molar-refractivity contribution is 0.102. The molecular weight excluding hydrogens is 288 g/mol. The standard InChI is InChI=1S/C15H16N2O3S/c1-19-13-4-7-21-14(13)15(18)17-11-2-3-12-10(8-11)9-16-5-6-20-12/h2-4,7-8,16H,5-6,9H2,1H3,(H,17,18). The number of nitrogens with one attached hydrogen (secondary N) is 2. The molecule has 2 heterocycles. The van der Waals surface area contributed by atoms with E-state index in [4.69, 9.17) is 9.47 Å². The average Bonchev–Trinajstić information content (AvgIpc) is 2.86. The van der Waals surface area contributed by atoms with Crippen LogP contribution in [0.5, 0.6) is 11.5 Å². The quantitative estimate of drug-likeness (QED) is 0.914. The molecule has 1 aliphatic heterocycles. The smallest absolute Gasteiger partial charge is 0.269 e. The molecule has 2 aromatic rings. The largest absolute Gasteiger partial charge is 0.495 e. The number of thiophene rings is 1. The molecule has 0 radical (unpaired) electrons. The highest BCUT2D eigenvalue weighted by Crippen LogP contribution is 2.27. The van der Waals surface area contributed by atoms with Crippen LogP contribution in [0.2, 0.25) is 0 Å². The Hall–Kier alpha value is -2.05. The zero-order valence-corrected chi connectivity index (χ0v) is 12.5. The number of amides is 1. The van der Waals surface area contributed by atoms with E-state index in [1.165, 1.54) is 11.3 Å². The molecule has 1 aromatic heterocycles. The van der Waals surface area contributed by atoms with Crippen LogP contribution in [0.25, 0.3) is 0 Å². The second-order valence-electron chi connectivity index (χ2n) is 4.62. The summed E-state index contributed by atoms with van der Waals surface area (Å²) < 4.78 is 10.8. The van der Waals surface area contributed by atoms with Gasteiger partial charge in [0.15, 0.2) is 0 Å². The molecule has 2 N–H and O–H groups in total. The normalized spacial score (nSPS) is 13.8. The van der Waals surface area contributed by atoms with Gasteiger partial charge in [0, 0.05) is 24.3 Å². The van der Waals surface area contributed by atoms with E-state index >= 15 is 0 Å². The minimum Gasteiger partial charge on any atom is -0.495 e. The molecular formula is C15H16N2O3S. The second-order valence-corrected chi connectivity index (χ2v) is 5.54. The molecule has 6 heteroatoms. The summed E-state index contributed by atoms with van der Waals surface area (Å²) in [4.78, 5) is 12.8. The van der Waals surface area contributed by atoms with Gasteiger partial charge in [0.25, 0.3) is 5.91 Å². The van der Waals surface area contributed by atoms with Gasteiger partial charge in [-0.25, -0.2) is 0 Å². The highest BCUT2D eigenvalue weighted by atomic mass is 32.1. The highest BCUT2D eigenvalue weighted by Gasteiger charge is 2.15. The zero-order chi connectivity index (χ0) is 14.7. The SMILES string of the molecule is COc1ccsc1C(=O)Nc1ccc2c(c1)CNCCO2. The minimum absolute atomic E-state index is 0.163. The first-order chi connectivity index (χ1) is 10.3. The van der Waals surface area contributed by atoms with E-state index in [0.29, 0.717) is 17.2 Å². The lowest BCUT2D eigenvalue weighted by Crippen LogP contribution is -2.16. The molecule has 110 valence electrons. The molecule has 0 atom stereocenters. The van der Waals surface area contributed by atoms with Crippen molar-refractivity contribution in [1.82, 2.24) is 5.32 Å². The van der Waals surface area contributed by atoms with Crippen LogP contribution in [0.15, 0.2) is 29.6 Å². The first-order valence-corrected chi connectivity index (χ1v) is 7.55. The molecule has 3 rings (SSSR count). The van der Waals surface area contributed by atoms with E-state index in [2.05, 4.69) is 10.6 Å². The number of methoxy groups -OCH3 is 1. The molecule has 0 spiro atoms. The van der Waals surface area contributed by atoms with Gasteiger partial charge in [0.2, 0.25) is 0 Å². The fourth-order valence-electron chi connectivity index (χ4n) is 2.20. The summed E-state index contributed by atoms with van der Waals surface area (Å²) in [7, 11) is 1.56. The summed E-state index contributed by atoms with van der Waals surface area (Å²) >= 11 is 1.36. The predicted octanol–water partition coefficient (Wildman–Crippen LogP) is 2.49. The third-order valence-corrected chi connectivity index (χ3v) is 4.12. The van der Waals surface area contributed by atoms with Crippen LogP contribution in [0.4, 0.5) is 5.69 Å². The van der Waals surface area contributed by atoms with Crippen LogP contribution >= 0.6 is 11.3 Å². The van der Waals surface area contributed by atoms with Crippen molar-refractivity contribution >= 4 is 22.9 Å². The molecule has 0 unspecified atom stereocenters. The van der Waals surface area contributed by atoms with Gasteiger partial charge in [-0.1, -0.05) is 0 Å². The Bertz CT molecular complexity index is 654. The maximum absolute atomic E-state index is 12.3. The predicted molar refractivity (Wildman–Crippen MR) is 82.5 cm³/mol. The van der Waals surface area contributed by atoms with Gasteiger partial charge in [-0.15, -0.1) is 11.3 Å². The molecule has 0 saturated carbocycles. The van der Waals surface area contributed by atoms with E-state index in [0.717, 1.165) is 30.1 Å². The molecule has 1 aliphatic rings. The van der Waals surface area contributed by atoms with Crippen LogP contribution in [-0.2, 0) is 6.54 Å². The molecule has 0 saturated heterocycles. The van der Waals surface area contributed by atoms with E-state index in [1.807, 2.05) is 23.6 Å². The first-order valence-electron chi connectivity index (χ1n) is 6.67. The Labute approximate surface area is 126 Å². The van der Waals surface area contributed by atoms with Crippen molar-refractivity contribution in [2.24, 2.45) is 0 Å². The molecule has 1 amide bonds. The summed E-state index contributed by atoms with van der Waals surface area (Å²) in [5.74, 6) is 1.30. The van der Waals surface area contributed by atoms with Crippen LogP contribution in [0.3, 0.4) is 0 Å². The van der Waals surface area contributed by atoms with Crippen molar-refractivity contribution in [2.45, 2.75) is 6.54 Å². The summed E-state index contributed by atoms with van der Waals surface area (Å²) in [6.07, 6.45) is 0. The number of ether oxygens (including phenoxy) is 2. The Morgan fingerprint density at radius 2 is 2.33 bits per heavy atom. The Morgan fingerprint density at radius 1 is 1.43 bits per heavy atom. The van der Waals surface area contributed by atoms with Crippen molar-refractivity contribution in [1.29, 1.82) is 0 Å². The van der Waals surface area contributed by atoms with Gasteiger partial charge < -0.3 is 20.1 Å². The first kappa shape index (κ1) is 13.9. The summed E-state index contributed by atoms with van der Waals surface area (Å²) in [5, 5.41) is 8.01. The number of fused-ring (bicyclic) bond motifs is 1. The van der Waals surface area contributed by atoms with E-state index < -0.39 is 0 Å². The van der Waals surface area contributed by atoms with Gasteiger partial charge in [0.05, 0.1) is 7.11 Å². The summed E-state index contributed by atoms with van der Waals surface area (Å²) in [5.41, 5.74) is 1.80. The number of hydrogen-bond donors (Lipinski definition) is 2. The van der Waals surface area contributed by atoms with Crippen LogP contribution in [0, 0.1) is 0 Å². The van der Waals surface area contributed by atoms with Gasteiger partial charge in [0.1, 0.15) is 23.0 Å². The van der Waals surface area contributed by atoms with E-state index in [1.54, 1.807) is 13.2 Å². The number of benzene rings is 1. The summed E-state index contributed by atoms with van der Waals surface area (Å²) in [6, 6.07) is 7.46. The van der Waals surface area contributed by atoms with E-state index in [-0.39, 0.29) is 5.91 Å². The lowest BCUT2D eigenvalue weighted by atomic mass is 10.1. The summed E-state index contributed by atoms with van der Waals surface area (Å²) in [6.45, 7) is 2.22. The maximum atomic E-state index is 12.3. The van der Waals surface area contributed by atoms with Gasteiger partial charge in [-0.3, -0.25) is 4.79 Å². The number of hydrogen-bond acceptors (Lipinski definition) is 5. The van der Waals surface area contributed by atoms with Crippen LogP contribution < -0.4 is 20.1 Å². The van der Waals surface area contributed by atoms with Crippen LogP contribution in [-0.4, -0.2) is 26.2 Å². The molecule has 21 heavy (non-hydrogen) atoms. The van der Waals surface area contributed by atoms with Crippen molar-refractivity contribution in [3.05, 3.63) is 40.1 Å². The Balaban J connectivity index is 1.79. The highest BCUT2D eigenvalue weighted by molar-refractivity contribution is 7.12. The lowest BCUT2D eigenvalue weighted by Gasteiger charge is -2.10. The maximum Gasteiger partial charge on any atom is 0.269 e. The van der Waals surface area contributed by atoms with Crippen LogP contribution in [0.1, 0.15) is 15.2 Å². The third-order valence-electron chi connectivity index (χ3n) is 3.23. The molecule has 0 aliphatic carbocycles. The number of carbonyl (C=O) groups is 1. The van der Waals surface area contributed by atoms with E-state index in [9.17, 15) is 4.79 Å². The second kappa shape index (κ2) is 6.15. The molecule has 0 fully saturated rings. The Morgan fingerprint density at radius 3 is 3.19 bits per heavy atom. The van der Waals surface area contributed by atoms with Crippen molar-refractivity contribution in [3.8, 4) is 11.5 Å². The number of anilines is 1. The molecule has 1 aromatic carbocycles. The fraction of sp³-hybridized carbons (Fsp3) is 0.267. The number of carbonyl (C=O) groups excluding carboxylic acids is 1. The fourth-order valence-corrected chi connectivity index (χ4v) is 2.96. The molecule has 0 bridgehead atoms. The van der Waals surface area contributed by atoms with Crippen molar-refractivity contribution < 1.29 is 14.3 Å². The molecule has 5 nitrogen and oxygen atoms in total. The minimum atomic E-state index is -0.163. The third kappa shape index (κ3) is 3.01. The van der Waals surface area contributed by atoms with Crippen molar-refractivity contribution in [2.75, 3.05) is 25.6 Å². The topological polar surface area (TPSA) is 59.6 Å². The van der Waals surface area contributed by atoms with Crippen molar-refractivity contribution in [3.63, 3.8) is 0 Å². The number of rotatable bonds is 3. The van der Waals surface area contributed by atoms with Gasteiger partial charge in [-0.05, 0) is 29.6 Å². The monoisotopic (exact) mass is 304 g/mol. The average molecular weight is 304 g/mol. The Kier molecular flexibility index (Phi) is 4.08. The van der Waals surface area contributed by atoms with Gasteiger partial charge >= 0.3 is 0 Å².